The largest absolute Gasteiger partial charge is 0.366 e. The van der Waals surface area contributed by atoms with E-state index in [1.165, 1.54) is 9.13 Å². The van der Waals surface area contributed by atoms with Crippen molar-refractivity contribution < 1.29 is 14.4 Å². The number of nitrogens with two attached hydrogens (primary N) is 1. The van der Waals surface area contributed by atoms with Gasteiger partial charge in [0.05, 0.1) is 16.6 Å². The number of amides is 3. The Labute approximate surface area is 184 Å². The van der Waals surface area contributed by atoms with E-state index in [1.54, 1.807) is 31.3 Å². The summed E-state index contributed by atoms with van der Waals surface area (Å²) in [5.41, 5.74) is 8.40. The maximum atomic E-state index is 12.9. The van der Waals surface area contributed by atoms with Crippen LogP contribution in [-0.2, 0) is 23.1 Å². The maximum absolute atomic E-state index is 12.9. The predicted octanol–water partition coefficient (Wildman–Crippen LogP) is 1.40. The number of piperidine rings is 1. The van der Waals surface area contributed by atoms with Crippen LogP contribution in [0.3, 0.4) is 0 Å². The quantitative estimate of drug-likeness (QED) is 0.481. The number of rotatable bonds is 4. The van der Waals surface area contributed by atoms with Crippen molar-refractivity contribution in [3.8, 4) is 11.8 Å². The van der Waals surface area contributed by atoms with Gasteiger partial charge in [0, 0.05) is 25.5 Å². The number of primary amides is 1. The van der Waals surface area contributed by atoms with Crippen LogP contribution in [0.1, 0.15) is 46.8 Å². The smallest absolute Gasteiger partial charge is 0.329 e. The number of carbonyl (C=O) groups excluding carboxylic acids is 3. The summed E-state index contributed by atoms with van der Waals surface area (Å²) >= 11 is 0. The number of hydrogen-bond donors (Lipinski definition) is 2. The Morgan fingerprint density at radius 1 is 1.16 bits per heavy atom. The van der Waals surface area contributed by atoms with Crippen LogP contribution in [0.2, 0.25) is 0 Å². The lowest BCUT2D eigenvalue weighted by atomic mass is 10.1. The van der Waals surface area contributed by atoms with Crippen LogP contribution in [-0.4, -0.2) is 26.9 Å². The molecule has 4 rings (SSSR count). The Morgan fingerprint density at radius 2 is 1.91 bits per heavy atom. The van der Waals surface area contributed by atoms with Crippen molar-refractivity contribution in [2.24, 2.45) is 12.8 Å². The summed E-state index contributed by atoms with van der Waals surface area (Å²) in [6.07, 6.45) is 1.78. The molecular weight excluding hydrogens is 408 g/mol. The third kappa shape index (κ3) is 3.93. The zero-order valence-corrected chi connectivity index (χ0v) is 17.6. The van der Waals surface area contributed by atoms with Gasteiger partial charge < -0.3 is 5.73 Å². The molecule has 3 N–H and O–H groups in total. The van der Waals surface area contributed by atoms with Gasteiger partial charge >= 0.3 is 5.69 Å². The lowest BCUT2D eigenvalue weighted by Crippen LogP contribution is -2.44. The van der Waals surface area contributed by atoms with Gasteiger partial charge in [-0.15, -0.1) is 0 Å². The van der Waals surface area contributed by atoms with E-state index < -0.39 is 17.9 Å². The summed E-state index contributed by atoms with van der Waals surface area (Å²) in [4.78, 5) is 47.9. The average molecular weight is 430 g/mol. The second-order valence-electron chi connectivity index (χ2n) is 7.71. The summed E-state index contributed by atoms with van der Waals surface area (Å²) in [7, 11) is 1.65. The molecule has 3 aromatic rings. The molecule has 2 aromatic carbocycles. The molecule has 1 atom stereocenters. The van der Waals surface area contributed by atoms with Gasteiger partial charge in [-0.1, -0.05) is 30.0 Å². The van der Waals surface area contributed by atoms with Crippen molar-refractivity contribution in [3.05, 3.63) is 69.6 Å². The third-order valence-electron chi connectivity index (χ3n) is 5.62. The molecule has 0 radical (unpaired) electrons. The van der Waals surface area contributed by atoms with Gasteiger partial charge in [-0.2, -0.15) is 0 Å². The zero-order chi connectivity index (χ0) is 22.8. The highest BCUT2D eigenvalue weighted by atomic mass is 16.2. The lowest BCUT2D eigenvalue weighted by Gasteiger charge is -2.21. The predicted molar refractivity (Wildman–Crippen MR) is 119 cm³/mol. The van der Waals surface area contributed by atoms with E-state index in [2.05, 4.69) is 17.2 Å². The van der Waals surface area contributed by atoms with Gasteiger partial charge in [-0.05, 0) is 42.7 Å². The number of imide groups is 1. The molecular formula is C24H22N4O4. The monoisotopic (exact) mass is 430 g/mol. The number of imidazole rings is 1. The van der Waals surface area contributed by atoms with E-state index >= 15 is 0 Å². The minimum Gasteiger partial charge on any atom is -0.366 e. The third-order valence-corrected chi connectivity index (χ3v) is 5.62. The molecule has 0 saturated carbocycles. The van der Waals surface area contributed by atoms with Crippen LogP contribution < -0.4 is 16.7 Å². The molecule has 3 amide bonds. The van der Waals surface area contributed by atoms with Crippen LogP contribution in [0.15, 0.2) is 47.3 Å². The average Bonchev–Trinajstić information content (AvgIpc) is 3.03. The first kappa shape index (κ1) is 21.1. The first-order valence-corrected chi connectivity index (χ1v) is 10.3. The lowest BCUT2D eigenvalue weighted by molar-refractivity contribution is -0.135. The molecule has 1 fully saturated rings. The van der Waals surface area contributed by atoms with Crippen molar-refractivity contribution in [1.82, 2.24) is 14.5 Å². The summed E-state index contributed by atoms with van der Waals surface area (Å²) in [6, 6.07) is 11.8. The highest BCUT2D eigenvalue weighted by Gasteiger charge is 2.31. The van der Waals surface area contributed by atoms with Crippen LogP contribution in [0.5, 0.6) is 0 Å². The Balaban J connectivity index is 1.60. The molecule has 32 heavy (non-hydrogen) atoms. The molecule has 1 unspecified atom stereocenters. The van der Waals surface area contributed by atoms with Gasteiger partial charge in [0.2, 0.25) is 17.7 Å². The molecule has 1 aliphatic heterocycles. The highest BCUT2D eigenvalue weighted by Crippen LogP contribution is 2.24. The minimum absolute atomic E-state index is 0.194. The normalized spacial score (nSPS) is 15.8. The van der Waals surface area contributed by atoms with Gasteiger partial charge in [-0.25, -0.2) is 4.79 Å². The standard InChI is InChI=1S/C24H22N4O4/c1-27-21-16(6-3-2-5-15-9-11-17(12-10-15)22(25)30)7-4-8-18(21)28(24(27)32)19-13-14-20(29)26-23(19)31/h4,7-12,19H,2,5,13-14H2,1H3,(H2,25,30)(H,26,29,31). The molecule has 8 nitrogen and oxygen atoms in total. The van der Waals surface area contributed by atoms with Crippen molar-refractivity contribution in [2.75, 3.05) is 0 Å². The highest BCUT2D eigenvalue weighted by molar-refractivity contribution is 6.00. The summed E-state index contributed by atoms with van der Waals surface area (Å²) < 4.78 is 2.94. The van der Waals surface area contributed by atoms with Crippen LogP contribution >= 0.6 is 0 Å². The fraction of sp³-hybridized carbons (Fsp3) is 0.250. The van der Waals surface area contributed by atoms with Gasteiger partial charge in [0.25, 0.3) is 0 Å². The van der Waals surface area contributed by atoms with Crippen molar-refractivity contribution >= 4 is 28.8 Å². The summed E-state index contributed by atoms with van der Waals surface area (Å²) in [6.45, 7) is 0. The van der Waals surface area contributed by atoms with E-state index in [-0.39, 0.29) is 24.4 Å². The number of para-hydroxylation sites is 1. The molecule has 0 aliphatic carbocycles. The number of benzene rings is 2. The second-order valence-corrected chi connectivity index (χ2v) is 7.71. The molecule has 1 aliphatic rings. The second kappa shape index (κ2) is 8.55. The van der Waals surface area contributed by atoms with Crippen LogP contribution in [0.4, 0.5) is 0 Å². The Morgan fingerprint density at radius 3 is 2.59 bits per heavy atom. The Hall–Kier alpha value is -4.12. The fourth-order valence-electron chi connectivity index (χ4n) is 3.97. The first-order chi connectivity index (χ1) is 15.4. The van der Waals surface area contributed by atoms with Crippen molar-refractivity contribution in [2.45, 2.75) is 31.7 Å². The zero-order valence-electron chi connectivity index (χ0n) is 17.6. The number of hydrogen-bond acceptors (Lipinski definition) is 4. The van der Waals surface area contributed by atoms with E-state index in [0.29, 0.717) is 35.0 Å². The summed E-state index contributed by atoms with van der Waals surface area (Å²) in [5, 5.41) is 2.31. The molecule has 2 heterocycles. The molecule has 1 saturated heterocycles. The fourth-order valence-corrected chi connectivity index (χ4v) is 3.97. The Bertz CT molecular complexity index is 1350. The SMILES string of the molecule is Cn1c(=O)n(C2CCC(=O)NC2=O)c2cccc(C#CCCc3ccc(C(N)=O)cc3)c21. The van der Waals surface area contributed by atoms with E-state index in [0.717, 1.165) is 5.56 Å². The number of carbonyl (C=O) groups is 3. The van der Waals surface area contributed by atoms with Crippen molar-refractivity contribution in [1.29, 1.82) is 0 Å². The first-order valence-electron chi connectivity index (χ1n) is 10.3. The van der Waals surface area contributed by atoms with Gasteiger partial charge in [0.1, 0.15) is 6.04 Å². The van der Waals surface area contributed by atoms with Crippen LogP contribution in [0.25, 0.3) is 11.0 Å². The maximum Gasteiger partial charge on any atom is 0.329 e. The number of aromatic nitrogens is 2. The van der Waals surface area contributed by atoms with E-state index in [9.17, 15) is 19.2 Å². The number of fused-ring (bicyclic) bond motifs is 1. The number of nitrogens with one attached hydrogen (secondary N) is 1. The topological polar surface area (TPSA) is 116 Å². The minimum atomic E-state index is -0.726. The van der Waals surface area contributed by atoms with E-state index in [4.69, 9.17) is 5.73 Å². The van der Waals surface area contributed by atoms with E-state index in [1.807, 2.05) is 18.2 Å². The summed E-state index contributed by atoms with van der Waals surface area (Å²) in [5.74, 6) is 5.03. The number of nitrogens with zero attached hydrogens (tertiary/aromatic N) is 2. The van der Waals surface area contributed by atoms with Crippen LogP contribution in [0, 0.1) is 11.8 Å². The number of aryl methyl sites for hydroxylation is 2. The Kier molecular flexibility index (Phi) is 5.65. The van der Waals surface area contributed by atoms with Gasteiger partial charge in [0.15, 0.2) is 0 Å². The molecule has 1 aromatic heterocycles. The molecule has 162 valence electrons. The molecule has 8 heteroatoms. The van der Waals surface area contributed by atoms with Crippen molar-refractivity contribution in [3.63, 3.8) is 0 Å². The molecule has 0 spiro atoms. The molecule has 0 bridgehead atoms. The van der Waals surface area contributed by atoms with Gasteiger partial charge in [-0.3, -0.25) is 28.8 Å².